The Morgan fingerprint density at radius 1 is 0.724 bits per heavy atom. The number of hydrogen-bond donors (Lipinski definition) is 9. The summed E-state index contributed by atoms with van der Waals surface area (Å²) < 4.78 is 0. The van der Waals surface area contributed by atoms with Crippen LogP contribution in [0.5, 0.6) is 0 Å². The first-order chi connectivity index (χ1) is 41.7. The molecule has 87 heavy (non-hydrogen) atoms. The fourth-order valence-corrected chi connectivity index (χ4v) is 9.76. The van der Waals surface area contributed by atoms with Crippen LogP contribution in [-0.2, 0) is 78.5 Å². The number of ketones is 3. The number of carboxylic acids is 1. The molecule has 0 unspecified atom stereocenters. The monoisotopic (exact) mass is 1240 g/mol. The number of aromatic nitrogens is 4. The van der Waals surface area contributed by atoms with Crippen molar-refractivity contribution in [2.75, 3.05) is 41.4 Å². The largest absolute Gasteiger partial charge is 0.481 e. The Bertz CT molecular complexity index is 3280. The van der Waals surface area contributed by atoms with Crippen molar-refractivity contribution in [3.05, 3.63) is 112 Å². The number of nitrogens with two attached hydrogens (primary N) is 1. The van der Waals surface area contributed by atoms with E-state index in [9.17, 15) is 48.3 Å². The third kappa shape index (κ3) is 25.8. The second-order valence-corrected chi connectivity index (χ2v) is 20.3. The zero-order valence-corrected chi connectivity index (χ0v) is 48.7. The minimum atomic E-state index is -1.40. The van der Waals surface area contributed by atoms with Gasteiger partial charge < -0.3 is 37.4 Å². The van der Waals surface area contributed by atoms with Crippen molar-refractivity contribution >= 4 is 119 Å². The summed E-state index contributed by atoms with van der Waals surface area (Å²) in [5.41, 5.74) is 11.7. The third-order valence-electron chi connectivity index (χ3n) is 12.6. The number of hydrogen-bond acceptors (Lipinski definition) is 24. The molecule has 5 aromatic rings. The summed E-state index contributed by atoms with van der Waals surface area (Å²) in [5.74, 6) is -5.22. The van der Waals surface area contributed by atoms with Gasteiger partial charge in [-0.05, 0) is 72.0 Å². The topological polar surface area (TPSA) is 451 Å². The number of nitrogens with zero attached hydrogens (tertiary/aromatic N) is 3. The van der Waals surface area contributed by atoms with Gasteiger partial charge in [0.25, 0.3) is 11.5 Å². The first-order valence-corrected chi connectivity index (χ1v) is 28.1. The van der Waals surface area contributed by atoms with E-state index in [-0.39, 0.29) is 111 Å². The Labute approximate surface area is 505 Å². The smallest absolute Gasteiger partial charge is 0.373 e. The molecule has 2 aromatic heterocycles. The van der Waals surface area contributed by atoms with Crippen molar-refractivity contribution in [3.63, 3.8) is 0 Å². The van der Waals surface area contributed by atoms with Crippen LogP contribution >= 0.6 is 24.4 Å². The highest BCUT2D eigenvalue weighted by Crippen LogP contribution is 2.45. The van der Waals surface area contributed by atoms with E-state index in [4.69, 9.17) is 44.1 Å². The zero-order valence-electron chi connectivity index (χ0n) is 47.0. The number of carbonyl (C=O) groups is 8. The number of carboxylic acid groups (broad SMARTS) is 1. The van der Waals surface area contributed by atoms with E-state index in [2.05, 4.69) is 83.4 Å². The lowest BCUT2D eigenvalue weighted by molar-refractivity contribution is -0.193. The molecule has 30 heteroatoms. The Balaban J connectivity index is 0.00000198. The second-order valence-electron chi connectivity index (χ2n) is 18.7. The molecule has 460 valence electrons. The molecule has 0 saturated heterocycles. The number of nitrogen functional groups attached to an aromatic ring is 1. The number of nitrogens with one attached hydrogen (secondary N) is 6. The van der Waals surface area contributed by atoms with Crippen molar-refractivity contribution < 1.29 is 81.8 Å². The number of H-pyrrole nitrogens is 1. The molecule has 6 rings (SSSR count). The maximum absolute atomic E-state index is 13.6. The van der Waals surface area contributed by atoms with Gasteiger partial charge in [0.15, 0.2) is 22.7 Å². The van der Waals surface area contributed by atoms with Gasteiger partial charge in [0.2, 0.25) is 23.7 Å². The van der Waals surface area contributed by atoms with Gasteiger partial charge in [-0.15, -0.1) is 0 Å². The van der Waals surface area contributed by atoms with Gasteiger partial charge in [-0.2, -0.15) is 67.7 Å². The average Bonchev–Trinajstić information content (AvgIpc) is 1.86. The molecule has 9 N–H and O–H groups in total. The van der Waals surface area contributed by atoms with Crippen LogP contribution < -0.4 is 37.9 Å². The second kappa shape index (κ2) is 40.3. The molecule has 0 radical (unpaired) electrons. The van der Waals surface area contributed by atoms with Crippen LogP contribution in [-0.4, -0.2) is 139 Å². The molecule has 0 bridgehead atoms. The number of thiol groups is 1. The Kier molecular flexibility index (Phi) is 33.9. The van der Waals surface area contributed by atoms with E-state index in [0.29, 0.717) is 41.3 Å². The van der Waals surface area contributed by atoms with E-state index in [0.717, 1.165) is 5.75 Å². The lowest BCUT2D eigenvalue weighted by Crippen LogP contribution is -2.51. The van der Waals surface area contributed by atoms with Gasteiger partial charge in [0.1, 0.15) is 11.8 Å². The van der Waals surface area contributed by atoms with E-state index < -0.39 is 71.7 Å². The Hall–Kier alpha value is -9.94. The average molecular weight is 1240 g/mol. The van der Waals surface area contributed by atoms with E-state index in [1.807, 2.05) is 24.3 Å². The van der Waals surface area contributed by atoms with Gasteiger partial charge in [0.05, 0.1) is 36.8 Å². The molecule has 3 aromatic carbocycles. The molecule has 0 saturated carbocycles. The summed E-state index contributed by atoms with van der Waals surface area (Å²) in [5, 5.41) is 23.5. The maximum atomic E-state index is 13.6. The van der Waals surface area contributed by atoms with Crippen LogP contribution in [0, 0.1) is 11.8 Å². The number of fused-ring (bicyclic) bond motifs is 4. The van der Waals surface area contributed by atoms with Gasteiger partial charge in [0, 0.05) is 79.8 Å². The standard InChI is InChI=1S/C53H62N10O10S2.4CO2/c1-30(23-36(64)9-7-20-55-50(71)32-15-17-34(18-16-32)56-26-35-27-58-48-47(60-35)52(73)63-53(54)62-48)49(70)59-31(2)44(66)24-33(25-46(68)69)51(72)61-42(43(65)14-8-21-74)28-57-45(67)19-22-75-29-41-39-12-5-3-10-37(39)38-11-4-6-13-40(38)41;4*2-1-3/h3-6,10-13,15-18,27,30-31,33,41-42,56,74H,7-9,14,19-26,28-29H2,1-2H3,(H,55,71)(H,57,67)(H,59,70)(H,61,72)(H,68,69)(H3,54,58,62,63,73);;;;/t30-,31+,33+,42+;;;;/m1..../s1. The van der Waals surface area contributed by atoms with Crippen LogP contribution in [0.4, 0.5) is 11.6 Å². The number of carbonyl (C=O) groups excluding carboxylic acids is 15. The van der Waals surface area contributed by atoms with Crippen molar-refractivity contribution in [1.29, 1.82) is 0 Å². The Morgan fingerprint density at radius 3 is 1.91 bits per heavy atom. The highest BCUT2D eigenvalue weighted by atomic mass is 32.2. The molecule has 1 aliphatic rings. The van der Waals surface area contributed by atoms with Crippen molar-refractivity contribution in [3.8, 4) is 11.1 Å². The normalized spacial score (nSPS) is 11.9. The molecule has 0 spiro atoms. The molecule has 4 atom stereocenters. The summed E-state index contributed by atoms with van der Waals surface area (Å²) in [4.78, 5) is 196. The molecular formula is C57H62N10O18S2. The number of aliphatic carboxylic acids is 1. The van der Waals surface area contributed by atoms with Crippen molar-refractivity contribution in [1.82, 2.24) is 41.2 Å². The molecular weight excluding hydrogens is 1180 g/mol. The molecule has 2 heterocycles. The maximum Gasteiger partial charge on any atom is 0.373 e. The first kappa shape index (κ1) is 73.2. The summed E-state index contributed by atoms with van der Waals surface area (Å²) in [7, 11) is 0. The first-order valence-electron chi connectivity index (χ1n) is 26.3. The molecule has 0 aliphatic heterocycles. The quantitative estimate of drug-likeness (QED) is 0.0235. The van der Waals surface area contributed by atoms with Gasteiger partial charge in [-0.3, -0.25) is 48.1 Å². The minimum Gasteiger partial charge on any atom is -0.481 e. The third-order valence-corrected chi connectivity index (χ3v) is 14.0. The highest BCUT2D eigenvalue weighted by molar-refractivity contribution is 7.99. The van der Waals surface area contributed by atoms with Crippen molar-refractivity contribution in [2.24, 2.45) is 11.8 Å². The number of amides is 4. The SMILES string of the molecule is C[C@H](CC(=O)CCCNC(=O)c1ccc(NCc2cnc3nc(N)[nH]c(=O)c3n2)cc1)C(=O)N[C@@H](C)C(=O)C[C@@H](CC(=O)O)C(=O)N[C@@H](CNC(=O)CCSCC1c2ccccc2-c2ccccc21)C(=O)CCCS.O=C=O.O=C=O.O=C=O.O=C=O. The molecule has 0 fully saturated rings. The number of aromatic amines is 1. The van der Waals surface area contributed by atoms with Crippen LogP contribution in [0.1, 0.15) is 98.3 Å². The van der Waals surface area contributed by atoms with E-state index in [1.54, 1.807) is 36.0 Å². The highest BCUT2D eigenvalue weighted by Gasteiger charge is 2.32. The summed E-state index contributed by atoms with van der Waals surface area (Å²) in [6.07, 6.45) is 1.98. The van der Waals surface area contributed by atoms with Crippen LogP contribution in [0.25, 0.3) is 22.3 Å². The number of benzene rings is 3. The number of Topliss-reactive ketones (excluding diaryl/α,β-unsaturated/α-hetero) is 3. The molecule has 1 aliphatic carbocycles. The van der Waals surface area contributed by atoms with Crippen molar-refractivity contribution in [2.45, 2.75) is 89.8 Å². The summed E-state index contributed by atoms with van der Waals surface area (Å²) in [6, 6.07) is 20.9. The molecule has 4 amide bonds. The summed E-state index contributed by atoms with van der Waals surface area (Å²) >= 11 is 5.82. The molecule has 28 nitrogen and oxygen atoms in total. The van der Waals surface area contributed by atoms with Gasteiger partial charge in [-0.1, -0.05) is 55.5 Å². The summed E-state index contributed by atoms with van der Waals surface area (Å²) in [6.45, 7) is 3.10. The van der Waals surface area contributed by atoms with Gasteiger partial charge >= 0.3 is 30.6 Å². The predicted molar refractivity (Wildman–Crippen MR) is 308 cm³/mol. The number of anilines is 2. The number of thioether (sulfide) groups is 1. The lowest BCUT2D eigenvalue weighted by atomic mass is 9.94. The van der Waals surface area contributed by atoms with Crippen LogP contribution in [0.3, 0.4) is 0 Å². The van der Waals surface area contributed by atoms with Crippen LogP contribution in [0.2, 0.25) is 0 Å². The van der Waals surface area contributed by atoms with E-state index >= 15 is 0 Å². The fourth-order valence-electron chi connectivity index (χ4n) is 8.51. The Morgan fingerprint density at radius 2 is 1.32 bits per heavy atom. The lowest BCUT2D eigenvalue weighted by Gasteiger charge is -2.23. The zero-order chi connectivity index (χ0) is 64.8. The van der Waals surface area contributed by atoms with E-state index in [1.165, 1.54) is 42.3 Å². The fraction of sp³-hybridized carbons (Fsp3) is 0.368. The number of rotatable bonds is 30. The van der Waals surface area contributed by atoms with Crippen LogP contribution in [0.15, 0.2) is 83.8 Å². The minimum absolute atomic E-state index is 0.0390. The van der Waals surface area contributed by atoms with Gasteiger partial charge in [-0.25, -0.2) is 9.97 Å². The predicted octanol–water partition coefficient (Wildman–Crippen LogP) is 2.05.